The van der Waals surface area contributed by atoms with Crippen LogP contribution in [0.25, 0.3) is 0 Å². The fraction of sp³-hybridized carbons (Fsp3) is 0.214. The molecule has 0 aliphatic carbocycles. The highest BCUT2D eigenvalue weighted by Crippen LogP contribution is 2.17. The predicted molar refractivity (Wildman–Crippen MR) is 77.4 cm³/mol. The van der Waals surface area contributed by atoms with Crippen molar-refractivity contribution >= 4 is 23.4 Å². The molecule has 0 unspecified atom stereocenters. The first kappa shape index (κ1) is 14.3. The summed E-state index contributed by atoms with van der Waals surface area (Å²) >= 11 is 5.85. The average molecular weight is 292 g/mol. The number of aromatic nitrogens is 2. The predicted octanol–water partition coefficient (Wildman–Crippen LogP) is 2.51. The lowest BCUT2D eigenvalue weighted by Gasteiger charge is -2.18. The number of carboxylic acid groups (broad SMARTS) is 1. The van der Waals surface area contributed by atoms with E-state index in [2.05, 4.69) is 9.97 Å². The van der Waals surface area contributed by atoms with Crippen LogP contribution >= 0.6 is 11.6 Å². The van der Waals surface area contributed by atoms with Gasteiger partial charge in [0.25, 0.3) is 0 Å². The summed E-state index contributed by atoms with van der Waals surface area (Å²) in [5.74, 6) is -0.470. The van der Waals surface area contributed by atoms with Crippen LogP contribution in [0.15, 0.2) is 36.7 Å². The van der Waals surface area contributed by atoms with Crippen LogP contribution in [0.2, 0.25) is 5.15 Å². The van der Waals surface area contributed by atoms with Gasteiger partial charge < -0.3 is 10.0 Å². The van der Waals surface area contributed by atoms with Gasteiger partial charge in [0, 0.05) is 26.0 Å². The van der Waals surface area contributed by atoms with Crippen molar-refractivity contribution in [3.8, 4) is 0 Å². The van der Waals surface area contributed by atoms with Gasteiger partial charge in [-0.2, -0.15) is 0 Å². The van der Waals surface area contributed by atoms with E-state index in [1.165, 1.54) is 12.1 Å². The number of carbonyl (C=O) groups is 1. The molecule has 0 atom stereocenters. The molecule has 0 radical (unpaired) electrons. The van der Waals surface area contributed by atoms with Gasteiger partial charge in [0.15, 0.2) is 0 Å². The molecule has 0 bridgehead atoms. The van der Waals surface area contributed by atoms with Gasteiger partial charge in [-0.3, -0.25) is 4.98 Å². The summed E-state index contributed by atoms with van der Waals surface area (Å²) in [6.45, 7) is 0.705. The summed E-state index contributed by atoms with van der Waals surface area (Å²) in [7, 11) is 1.85. The molecule has 0 aromatic carbocycles. The first-order chi connectivity index (χ1) is 9.56. The minimum atomic E-state index is -1.02. The van der Waals surface area contributed by atoms with E-state index in [-0.39, 0.29) is 10.7 Å². The van der Waals surface area contributed by atoms with Crippen LogP contribution in [0.1, 0.15) is 15.9 Å². The van der Waals surface area contributed by atoms with Gasteiger partial charge in [0.2, 0.25) is 0 Å². The lowest BCUT2D eigenvalue weighted by atomic mass is 10.2. The molecule has 0 saturated carbocycles. The Bertz CT molecular complexity index is 605. The summed E-state index contributed by atoms with van der Waals surface area (Å²) in [4.78, 5) is 21.0. The first-order valence-corrected chi connectivity index (χ1v) is 6.45. The number of hydrogen-bond acceptors (Lipinski definition) is 4. The quantitative estimate of drug-likeness (QED) is 0.858. The molecule has 104 valence electrons. The maximum Gasteiger partial charge on any atom is 0.335 e. The first-order valence-electron chi connectivity index (χ1n) is 6.07. The summed E-state index contributed by atoms with van der Waals surface area (Å²) in [5.41, 5.74) is 1.29. The zero-order valence-corrected chi connectivity index (χ0v) is 11.7. The molecule has 0 fully saturated rings. The molecule has 5 nitrogen and oxygen atoms in total. The lowest BCUT2D eigenvalue weighted by Crippen LogP contribution is -2.22. The molecule has 2 aromatic rings. The van der Waals surface area contributed by atoms with Crippen LogP contribution < -0.4 is 4.90 Å². The van der Waals surface area contributed by atoms with Crippen molar-refractivity contribution in [1.82, 2.24) is 9.97 Å². The molecule has 0 aliphatic heterocycles. The fourth-order valence-corrected chi connectivity index (χ4v) is 1.97. The minimum absolute atomic E-state index is 0.135. The third kappa shape index (κ3) is 3.68. The van der Waals surface area contributed by atoms with Gasteiger partial charge in [-0.1, -0.05) is 11.6 Å². The third-order valence-corrected chi connectivity index (χ3v) is 3.10. The Morgan fingerprint density at radius 3 is 2.70 bits per heavy atom. The van der Waals surface area contributed by atoms with Crippen molar-refractivity contribution in [3.63, 3.8) is 0 Å². The largest absolute Gasteiger partial charge is 0.478 e. The Balaban J connectivity index is 2.09. The molecule has 0 amide bonds. The van der Waals surface area contributed by atoms with E-state index < -0.39 is 5.97 Å². The number of pyridine rings is 2. The molecular formula is C14H14ClN3O2. The van der Waals surface area contributed by atoms with Gasteiger partial charge in [-0.25, -0.2) is 9.78 Å². The molecule has 0 spiro atoms. The number of aromatic carboxylic acids is 1. The normalized spacial score (nSPS) is 10.3. The topological polar surface area (TPSA) is 66.3 Å². The van der Waals surface area contributed by atoms with Gasteiger partial charge in [0.05, 0.1) is 5.56 Å². The van der Waals surface area contributed by atoms with E-state index in [9.17, 15) is 4.79 Å². The van der Waals surface area contributed by atoms with E-state index in [4.69, 9.17) is 16.7 Å². The standard InChI is InChI=1S/C14H14ClN3O2/c1-18(7-4-10-2-5-16-6-3-10)13-9-11(14(19)20)8-12(15)17-13/h2-3,5-6,8-9H,4,7H2,1H3,(H,19,20). The van der Waals surface area contributed by atoms with E-state index in [1.807, 2.05) is 24.1 Å². The number of anilines is 1. The molecule has 2 aromatic heterocycles. The molecule has 6 heteroatoms. The maximum atomic E-state index is 11.0. The second-order valence-corrected chi connectivity index (χ2v) is 4.76. The Morgan fingerprint density at radius 1 is 1.35 bits per heavy atom. The van der Waals surface area contributed by atoms with Crippen molar-refractivity contribution in [3.05, 3.63) is 52.9 Å². The van der Waals surface area contributed by atoms with E-state index in [0.29, 0.717) is 12.4 Å². The Kier molecular flexibility index (Phi) is 4.53. The van der Waals surface area contributed by atoms with Gasteiger partial charge in [-0.05, 0) is 36.2 Å². The molecule has 0 saturated heterocycles. The summed E-state index contributed by atoms with van der Waals surface area (Å²) in [5, 5.41) is 9.19. The number of carboxylic acids is 1. The Labute approximate surface area is 121 Å². The average Bonchev–Trinajstić information content (AvgIpc) is 2.45. The molecule has 2 rings (SSSR count). The van der Waals surface area contributed by atoms with Crippen molar-refractivity contribution in [1.29, 1.82) is 0 Å². The van der Waals surface area contributed by atoms with Gasteiger partial charge in [-0.15, -0.1) is 0 Å². The smallest absolute Gasteiger partial charge is 0.335 e. The number of rotatable bonds is 5. The number of nitrogens with zero attached hydrogens (tertiary/aromatic N) is 3. The number of hydrogen-bond donors (Lipinski definition) is 1. The number of halogens is 1. The zero-order chi connectivity index (χ0) is 14.5. The SMILES string of the molecule is CN(CCc1ccncc1)c1cc(C(=O)O)cc(Cl)n1. The Morgan fingerprint density at radius 2 is 2.05 bits per heavy atom. The van der Waals surface area contributed by atoms with E-state index in [0.717, 1.165) is 12.0 Å². The summed E-state index contributed by atoms with van der Waals surface area (Å²) in [6.07, 6.45) is 4.31. The summed E-state index contributed by atoms with van der Waals surface area (Å²) < 4.78 is 0. The molecular weight excluding hydrogens is 278 g/mol. The van der Waals surface area contributed by atoms with Crippen molar-refractivity contribution in [2.24, 2.45) is 0 Å². The molecule has 0 aliphatic rings. The van der Waals surface area contributed by atoms with Crippen LogP contribution in [-0.2, 0) is 6.42 Å². The van der Waals surface area contributed by atoms with Crippen LogP contribution in [0, 0.1) is 0 Å². The minimum Gasteiger partial charge on any atom is -0.478 e. The highest BCUT2D eigenvalue weighted by Gasteiger charge is 2.10. The van der Waals surface area contributed by atoms with Crippen molar-refractivity contribution in [2.45, 2.75) is 6.42 Å². The maximum absolute atomic E-state index is 11.0. The molecule has 2 heterocycles. The van der Waals surface area contributed by atoms with Crippen LogP contribution in [-0.4, -0.2) is 34.6 Å². The van der Waals surface area contributed by atoms with Crippen molar-refractivity contribution in [2.75, 3.05) is 18.5 Å². The highest BCUT2D eigenvalue weighted by atomic mass is 35.5. The van der Waals surface area contributed by atoms with Crippen LogP contribution in [0.3, 0.4) is 0 Å². The highest BCUT2D eigenvalue weighted by molar-refractivity contribution is 6.29. The Hall–Kier alpha value is -2.14. The van der Waals surface area contributed by atoms with Gasteiger partial charge >= 0.3 is 5.97 Å². The van der Waals surface area contributed by atoms with E-state index in [1.54, 1.807) is 12.4 Å². The van der Waals surface area contributed by atoms with Crippen LogP contribution in [0.4, 0.5) is 5.82 Å². The zero-order valence-electron chi connectivity index (χ0n) is 11.0. The van der Waals surface area contributed by atoms with Crippen LogP contribution in [0.5, 0.6) is 0 Å². The van der Waals surface area contributed by atoms with Gasteiger partial charge in [0.1, 0.15) is 11.0 Å². The lowest BCUT2D eigenvalue weighted by molar-refractivity contribution is 0.0697. The molecule has 20 heavy (non-hydrogen) atoms. The second kappa shape index (κ2) is 6.34. The van der Waals surface area contributed by atoms with E-state index >= 15 is 0 Å². The number of likely N-dealkylation sites (N-methyl/N-ethyl adjacent to an activating group) is 1. The monoisotopic (exact) mass is 291 g/mol. The molecule has 1 N–H and O–H groups in total. The fourth-order valence-electron chi connectivity index (χ4n) is 1.76. The van der Waals surface area contributed by atoms with Crippen molar-refractivity contribution < 1.29 is 9.90 Å². The second-order valence-electron chi connectivity index (χ2n) is 4.37. The third-order valence-electron chi connectivity index (χ3n) is 2.90. The summed E-state index contributed by atoms with van der Waals surface area (Å²) in [6, 6.07) is 6.74.